The quantitative estimate of drug-likeness (QED) is 0.497. The van der Waals surface area contributed by atoms with Crippen molar-refractivity contribution in [1.29, 1.82) is 0 Å². The van der Waals surface area contributed by atoms with Gasteiger partial charge in [-0.3, -0.25) is 4.79 Å². The summed E-state index contributed by atoms with van der Waals surface area (Å²) in [6, 6.07) is 0. The van der Waals surface area contributed by atoms with Crippen molar-refractivity contribution in [2.45, 2.75) is 6.92 Å². The lowest BCUT2D eigenvalue weighted by molar-refractivity contribution is -0.132. The van der Waals surface area contributed by atoms with Gasteiger partial charge in [0.1, 0.15) is 0 Å². The first kappa shape index (κ1) is 8.34. The summed E-state index contributed by atoms with van der Waals surface area (Å²) in [5.74, 6) is 3.19. The van der Waals surface area contributed by atoms with Gasteiger partial charge in [-0.15, -0.1) is 0 Å². The predicted octanol–water partition coefficient (Wildman–Crippen LogP) is -1.32. The van der Waals surface area contributed by atoms with Gasteiger partial charge in [-0.1, -0.05) is 0 Å². The zero-order chi connectivity index (χ0) is 7.49. The molecule has 6 nitrogen and oxygen atoms in total. The van der Waals surface area contributed by atoms with Crippen LogP contribution in [-0.4, -0.2) is 14.4 Å². The molecule has 9 heavy (non-hydrogen) atoms. The first-order valence-electron chi connectivity index (χ1n) is 1.81. The molecule has 0 aromatic carbocycles. The van der Waals surface area contributed by atoms with Gasteiger partial charge in [0.2, 0.25) is 0 Å². The highest BCUT2D eigenvalue weighted by Gasteiger charge is 2.12. The second-order valence-electron chi connectivity index (χ2n) is 1.08. The van der Waals surface area contributed by atoms with Crippen molar-refractivity contribution in [2.24, 2.45) is 5.90 Å². The van der Waals surface area contributed by atoms with Crippen LogP contribution in [-0.2, 0) is 23.7 Å². The van der Waals surface area contributed by atoms with Crippen LogP contribution in [0.1, 0.15) is 6.92 Å². The summed E-state index contributed by atoms with van der Waals surface area (Å²) >= 11 is 0. The van der Waals surface area contributed by atoms with E-state index in [1.165, 1.54) is 0 Å². The van der Waals surface area contributed by atoms with Crippen LogP contribution in [0.4, 0.5) is 0 Å². The number of carbonyl (C=O) groups excluding carboxylic acids is 1. The average molecular weight is 155 g/mol. The average Bonchev–Trinajstić information content (AvgIpc) is 1.63. The molecule has 2 N–H and O–H groups in total. The summed E-state index contributed by atoms with van der Waals surface area (Å²) in [5, 5.41) is 0. The van der Waals surface area contributed by atoms with E-state index in [1.807, 2.05) is 0 Å². The maximum absolute atomic E-state index is 10.0. The fourth-order valence-corrected chi connectivity index (χ4v) is 0.490. The van der Waals surface area contributed by atoms with Gasteiger partial charge >= 0.3 is 16.4 Å². The molecule has 0 fully saturated rings. The topological polar surface area (TPSA) is 95.7 Å². The zero-order valence-corrected chi connectivity index (χ0v) is 5.34. The van der Waals surface area contributed by atoms with Crippen molar-refractivity contribution in [3.63, 3.8) is 0 Å². The maximum Gasteiger partial charge on any atom is 0.467 e. The molecule has 0 saturated carbocycles. The van der Waals surface area contributed by atoms with Gasteiger partial charge in [0.05, 0.1) is 0 Å². The summed E-state index contributed by atoms with van der Waals surface area (Å²) in [6.45, 7) is 0.913. The van der Waals surface area contributed by atoms with Gasteiger partial charge in [0, 0.05) is 6.92 Å². The van der Waals surface area contributed by atoms with Gasteiger partial charge in [-0.05, 0) is 0 Å². The summed E-state index contributed by atoms with van der Waals surface area (Å²) in [7, 11) is -4.29. The molecule has 7 heteroatoms. The number of carbonyl (C=O) groups is 1. The Kier molecular flexibility index (Phi) is 2.56. The zero-order valence-electron chi connectivity index (χ0n) is 4.53. The molecule has 0 rings (SSSR count). The van der Waals surface area contributed by atoms with E-state index in [0.29, 0.717) is 0 Å². The maximum atomic E-state index is 10.0. The Balaban J connectivity index is 4.06. The van der Waals surface area contributed by atoms with Crippen molar-refractivity contribution in [2.75, 3.05) is 0 Å². The molecule has 0 aromatic rings. The van der Waals surface area contributed by atoms with Crippen molar-refractivity contribution < 1.29 is 21.7 Å². The van der Waals surface area contributed by atoms with Gasteiger partial charge in [0.15, 0.2) is 0 Å². The minimum Gasteiger partial charge on any atom is -0.324 e. The van der Waals surface area contributed by atoms with Crippen LogP contribution in [0, 0.1) is 0 Å². The van der Waals surface area contributed by atoms with E-state index in [-0.39, 0.29) is 0 Å². The van der Waals surface area contributed by atoms with Crippen molar-refractivity contribution in [3.8, 4) is 0 Å². The van der Waals surface area contributed by atoms with E-state index < -0.39 is 16.4 Å². The van der Waals surface area contributed by atoms with Gasteiger partial charge in [0.25, 0.3) is 0 Å². The number of hydrogen-bond donors (Lipinski definition) is 1. The van der Waals surface area contributed by atoms with E-state index >= 15 is 0 Å². The van der Waals surface area contributed by atoms with Gasteiger partial charge in [-0.25, -0.2) is 0 Å². The third-order valence-electron chi connectivity index (χ3n) is 0.337. The van der Waals surface area contributed by atoms with E-state index in [1.54, 1.807) is 0 Å². The monoisotopic (exact) mass is 155 g/mol. The molecule has 0 saturated heterocycles. The minimum absolute atomic E-state index is 0.913. The highest BCUT2D eigenvalue weighted by atomic mass is 32.3. The van der Waals surface area contributed by atoms with Crippen molar-refractivity contribution >= 4 is 16.4 Å². The fraction of sp³-hybridized carbons (Fsp3) is 0.500. The van der Waals surface area contributed by atoms with Gasteiger partial charge < -0.3 is 4.18 Å². The molecule has 0 aliphatic rings. The smallest absolute Gasteiger partial charge is 0.324 e. The van der Waals surface area contributed by atoms with E-state index in [4.69, 9.17) is 0 Å². The Morgan fingerprint density at radius 1 is 1.56 bits per heavy atom. The minimum atomic E-state index is -4.29. The Bertz CT molecular complexity index is 193. The Morgan fingerprint density at radius 2 is 2.00 bits per heavy atom. The molecule has 0 heterocycles. The third-order valence-corrected chi connectivity index (χ3v) is 1.01. The molecule has 0 radical (unpaired) electrons. The summed E-state index contributed by atoms with van der Waals surface area (Å²) in [5.41, 5.74) is 0. The SMILES string of the molecule is CC(=O)OS(=O)(=O)ON. The summed E-state index contributed by atoms with van der Waals surface area (Å²) in [4.78, 5) is 9.88. The van der Waals surface area contributed by atoms with Gasteiger partial charge in [-0.2, -0.15) is 18.6 Å². The van der Waals surface area contributed by atoms with E-state index in [0.717, 1.165) is 6.92 Å². The molecule has 0 aliphatic heterocycles. The van der Waals surface area contributed by atoms with Crippen LogP contribution in [0.3, 0.4) is 0 Å². The molecular formula is C2H5NO5S. The third kappa shape index (κ3) is 3.88. The van der Waals surface area contributed by atoms with Crippen LogP contribution in [0.2, 0.25) is 0 Å². The van der Waals surface area contributed by atoms with Crippen LogP contribution in [0.5, 0.6) is 0 Å². The Hall–Kier alpha value is -0.660. The fourth-order valence-electron chi connectivity index (χ4n) is 0.163. The number of hydrogen-bond acceptors (Lipinski definition) is 6. The number of nitrogens with two attached hydrogens (primary N) is 1. The lowest BCUT2D eigenvalue weighted by Crippen LogP contribution is -2.16. The molecule has 0 atom stereocenters. The second-order valence-corrected chi connectivity index (χ2v) is 2.26. The van der Waals surface area contributed by atoms with Crippen LogP contribution >= 0.6 is 0 Å². The first-order chi connectivity index (χ1) is 3.98. The molecule has 0 aliphatic carbocycles. The largest absolute Gasteiger partial charge is 0.467 e. The second kappa shape index (κ2) is 2.76. The summed E-state index contributed by atoms with van der Waals surface area (Å²) < 4.78 is 26.9. The molecule has 0 spiro atoms. The Labute approximate surface area is 51.8 Å². The Morgan fingerprint density at radius 3 is 2.11 bits per heavy atom. The molecule has 0 bridgehead atoms. The standard InChI is InChI=1S/C2H5NO5S/c1-2(4)7-9(5,6)8-3/h3H2,1H3. The van der Waals surface area contributed by atoms with Crippen molar-refractivity contribution in [3.05, 3.63) is 0 Å². The first-order valence-corrected chi connectivity index (χ1v) is 3.14. The lowest BCUT2D eigenvalue weighted by Gasteiger charge is -1.95. The highest BCUT2D eigenvalue weighted by molar-refractivity contribution is 7.82. The van der Waals surface area contributed by atoms with Crippen LogP contribution in [0.15, 0.2) is 0 Å². The highest BCUT2D eigenvalue weighted by Crippen LogP contribution is 1.89. The van der Waals surface area contributed by atoms with E-state index in [2.05, 4.69) is 14.4 Å². The summed E-state index contributed by atoms with van der Waals surface area (Å²) in [6.07, 6.45) is 0. The lowest BCUT2D eigenvalue weighted by atomic mass is 10.9. The van der Waals surface area contributed by atoms with Crippen LogP contribution < -0.4 is 5.90 Å². The molecule has 0 aromatic heterocycles. The van der Waals surface area contributed by atoms with E-state index in [9.17, 15) is 13.2 Å². The predicted molar refractivity (Wildman–Crippen MR) is 26.0 cm³/mol. The number of rotatable bonds is 2. The normalized spacial score (nSPS) is 10.9. The molecule has 0 amide bonds. The van der Waals surface area contributed by atoms with Crippen molar-refractivity contribution in [1.82, 2.24) is 0 Å². The molecule has 54 valence electrons. The van der Waals surface area contributed by atoms with Crippen LogP contribution in [0.25, 0.3) is 0 Å². The molecule has 0 unspecified atom stereocenters. The molecular weight excluding hydrogens is 150 g/mol.